The summed E-state index contributed by atoms with van der Waals surface area (Å²) in [6.07, 6.45) is 3.19. The highest BCUT2D eigenvalue weighted by molar-refractivity contribution is 9.11. The molecule has 0 aliphatic heterocycles. The Morgan fingerprint density at radius 2 is 1.93 bits per heavy atom. The van der Waals surface area contributed by atoms with E-state index in [0.29, 0.717) is 28.3 Å². The van der Waals surface area contributed by atoms with Gasteiger partial charge in [0.1, 0.15) is 11.8 Å². The van der Waals surface area contributed by atoms with E-state index in [1.807, 2.05) is 0 Å². The van der Waals surface area contributed by atoms with Crippen molar-refractivity contribution in [3.63, 3.8) is 0 Å². The van der Waals surface area contributed by atoms with Crippen LogP contribution in [0.4, 0.5) is 17.2 Å². The first-order valence-electron chi connectivity index (χ1n) is 8.52. The molecule has 4 aromatic rings. The molecule has 2 aromatic carbocycles. The molecule has 0 aliphatic rings. The van der Waals surface area contributed by atoms with E-state index in [9.17, 15) is 10.1 Å². The Morgan fingerprint density at radius 1 is 1.21 bits per heavy atom. The molecule has 1 N–H and O–H groups in total. The number of hydrogen-bond donors (Lipinski definition) is 1. The molecule has 0 radical (unpaired) electrons. The molecule has 9 heteroatoms. The van der Waals surface area contributed by atoms with E-state index in [0.717, 1.165) is 14.6 Å². The topological polar surface area (TPSA) is 85.4 Å². The summed E-state index contributed by atoms with van der Waals surface area (Å²) in [7, 11) is 0. The third-order valence-electron chi connectivity index (χ3n) is 4.52. The molecule has 4 rings (SSSR count). The molecular formula is C19H15Br2N5O2. The summed E-state index contributed by atoms with van der Waals surface area (Å²) >= 11 is 7.25. The molecule has 142 valence electrons. The Bertz CT molecular complexity index is 1210. The van der Waals surface area contributed by atoms with Crippen LogP contribution in [0.2, 0.25) is 0 Å². The average Bonchev–Trinajstić information content (AvgIpc) is 3.13. The minimum atomic E-state index is -0.408. The molecule has 2 aromatic heterocycles. The highest BCUT2D eigenvalue weighted by Crippen LogP contribution is 2.38. The van der Waals surface area contributed by atoms with Crippen molar-refractivity contribution in [2.24, 2.45) is 0 Å². The van der Waals surface area contributed by atoms with Crippen molar-refractivity contribution in [3.8, 4) is 0 Å². The molecule has 0 bridgehead atoms. The lowest BCUT2D eigenvalue weighted by Crippen LogP contribution is -2.03. The first kappa shape index (κ1) is 18.8. The van der Waals surface area contributed by atoms with Gasteiger partial charge in [-0.3, -0.25) is 14.5 Å². The van der Waals surface area contributed by atoms with Gasteiger partial charge in [-0.2, -0.15) is 0 Å². The number of nitro groups is 1. The number of rotatable bonds is 4. The maximum atomic E-state index is 11.4. The monoisotopic (exact) mass is 503 g/mol. The van der Waals surface area contributed by atoms with Gasteiger partial charge < -0.3 is 5.32 Å². The maximum Gasteiger partial charge on any atom is 0.295 e. The van der Waals surface area contributed by atoms with Crippen molar-refractivity contribution in [2.75, 3.05) is 5.32 Å². The van der Waals surface area contributed by atoms with Gasteiger partial charge in [-0.15, -0.1) is 0 Å². The van der Waals surface area contributed by atoms with Crippen LogP contribution in [0.3, 0.4) is 0 Å². The number of imidazole rings is 1. The number of hydrogen-bond acceptors (Lipinski definition) is 5. The molecule has 0 unspecified atom stereocenters. The van der Waals surface area contributed by atoms with Gasteiger partial charge in [0.15, 0.2) is 11.3 Å². The number of non-ortho nitro benzene ring substituents is 1. The van der Waals surface area contributed by atoms with E-state index in [1.54, 1.807) is 29.1 Å². The lowest BCUT2D eigenvalue weighted by atomic mass is 10.0. The van der Waals surface area contributed by atoms with Gasteiger partial charge in [0.2, 0.25) is 0 Å². The number of benzene rings is 2. The Morgan fingerprint density at radius 3 is 2.57 bits per heavy atom. The summed E-state index contributed by atoms with van der Waals surface area (Å²) < 4.78 is 3.47. The van der Waals surface area contributed by atoms with Gasteiger partial charge >= 0.3 is 0 Å². The second kappa shape index (κ2) is 7.14. The van der Waals surface area contributed by atoms with E-state index < -0.39 is 4.92 Å². The van der Waals surface area contributed by atoms with Crippen LogP contribution in [0.1, 0.15) is 25.3 Å². The number of anilines is 2. The van der Waals surface area contributed by atoms with Crippen LogP contribution in [-0.4, -0.2) is 19.3 Å². The quantitative estimate of drug-likeness (QED) is 0.265. The number of fused-ring (bicyclic) bond motifs is 3. The van der Waals surface area contributed by atoms with Crippen LogP contribution >= 0.6 is 31.9 Å². The van der Waals surface area contributed by atoms with Crippen LogP contribution in [-0.2, 0) is 0 Å². The van der Waals surface area contributed by atoms with Crippen molar-refractivity contribution in [2.45, 2.75) is 19.8 Å². The summed E-state index contributed by atoms with van der Waals surface area (Å²) in [6, 6.07) is 8.98. The highest BCUT2D eigenvalue weighted by Gasteiger charge is 2.19. The zero-order chi connectivity index (χ0) is 20.0. The predicted molar refractivity (Wildman–Crippen MR) is 116 cm³/mol. The number of nitrogens with zero attached hydrogens (tertiary/aromatic N) is 4. The molecule has 0 amide bonds. The van der Waals surface area contributed by atoms with Crippen LogP contribution < -0.4 is 5.32 Å². The van der Waals surface area contributed by atoms with E-state index in [1.165, 1.54) is 11.6 Å². The van der Waals surface area contributed by atoms with Gasteiger partial charge in [-0.25, -0.2) is 9.97 Å². The van der Waals surface area contributed by atoms with E-state index >= 15 is 0 Å². The zero-order valence-electron chi connectivity index (χ0n) is 15.0. The Hall–Kier alpha value is -2.52. The molecule has 0 spiro atoms. The lowest BCUT2D eigenvalue weighted by Gasteiger charge is -2.15. The van der Waals surface area contributed by atoms with E-state index in [2.05, 4.69) is 73.1 Å². The number of halogens is 2. The Labute approximate surface area is 177 Å². The second-order valence-corrected chi connectivity index (χ2v) is 8.36. The molecule has 28 heavy (non-hydrogen) atoms. The minimum Gasteiger partial charge on any atom is -0.337 e. The molecule has 0 saturated heterocycles. The lowest BCUT2D eigenvalue weighted by molar-refractivity contribution is -0.383. The third-order valence-corrected chi connectivity index (χ3v) is 5.77. The van der Waals surface area contributed by atoms with Crippen molar-refractivity contribution in [1.29, 1.82) is 0 Å². The number of aromatic nitrogens is 3. The molecule has 0 fully saturated rings. The normalized spacial score (nSPS) is 11.5. The van der Waals surface area contributed by atoms with Gasteiger partial charge in [-0.05, 0) is 61.5 Å². The SMILES string of the molecule is CC(C)c1cc(Br)c(Nc2nc3cccc([N+](=O)[O-])c3n3cncc23)c(Br)c1. The summed E-state index contributed by atoms with van der Waals surface area (Å²) in [6.45, 7) is 4.27. The maximum absolute atomic E-state index is 11.4. The summed E-state index contributed by atoms with van der Waals surface area (Å²) in [5.74, 6) is 0.951. The predicted octanol–water partition coefficient (Wildman–Crippen LogP) is 6.18. The molecular weight excluding hydrogens is 490 g/mol. The van der Waals surface area contributed by atoms with Crippen molar-refractivity contribution >= 4 is 65.6 Å². The van der Waals surface area contributed by atoms with Gasteiger partial charge in [0.25, 0.3) is 5.69 Å². The fraction of sp³-hybridized carbons (Fsp3) is 0.158. The number of nitro benzene ring substituents is 1. The van der Waals surface area contributed by atoms with Gasteiger partial charge in [-0.1, -0.05) is 19.9 Å². The Kier molecular flexibility index (Phi) is 4.80. The fourth-order valence-corrected chi connectivity index (χ4v) is 4.51. The van der Waals surface area contributed by atoms with Crippen LogP contribution in [0, 0.1) is 10.1 Å². The Balaban J connectivity index is 1.91. The first-order chi connectivity index (χ1) is 13.4. The molecule has 0 atom stereocenters. The highest BCUT2D eigenvalue weighted by atomic mass is 79.9. The summed E-state index contributed by atoms with van der Waals surface area (Å²) in [5, 5.41) is 14.8. The van der Waals surface area contributed by atoms with Gasteiger partial charge in [0, 0.05) is 15.0 Å². The fourth-order valence-electron chi connectivity index (χ4n) is 3.09. The van der Waals surface area contributed by atoms with Crippen molar-refractivity contribution in [3.05, 3.63) is 67.5 Å². The van der Waals surface area contributed by atoms with Crippen LogP contribution in [0.15, 0.2) is 51.8 Å². The molecule has 7 nitrogen and oxygen atoms in total. The van der Waals surface area contributed by atoms with E-state index in [4.69, 9.17) is 0 Å². The standard InChI is InChI=1S/C19H15Br2N5O2/c1-10(2)11-6-12(20)17(13(21)7-11)24-19-16-8-22-9-25(16)18-14(23-19)4-3-5-15(18)26(27)28/h3-10H,1-2H3,(H,23,24). The molecule has 2 heterocycles. The third kappa shape index (κ3) is 3.14. The van der Waals surface area contributed by atoms with Crippen LogP contribution in [0.25, 0.3) is 16.6 Å². The average molecular weight is 505 g/mol. The van der Waals surface area contributed by atoms with Crippen LogP contribution in [0.5, 0.6) is 0 Å². The summed E-state index contributed by atoms with van der Waals surface area (Å²) in [5.41, 5.74) is 3.58. The minimum absolute atomic E-state index is 0.0109. The van der Waals surface area contributed by atoms with E-state index in [-0.39, 0.29) is 5.69 Å². The van der Waals surface area contributed by atoms with Crippen molar-refractivity contribution in [1.82, 2.24) is 14.4 Å². The first-order valence-corrected chi connectivity index (χ1v) is 10.1. The second-order valence-electron chi connectivity index (χ2n) is 6.65. The van der Waals surface area contributed by atoms with Gasteiger partial charge in [0.05, 0.1) is 22.3 Å². The summed E-state index contributed by atoms with van der Waals surface area (Å²) in [4.78, 5) is 19.8. The molecule has 0 aliphatic carbocycles. The number of nitrogens with one attached hydrogen (secondary N) is 1. The molecule has 0 saturated carbocycles. The zero-order valence-corrected chi connectivity index (χ0v) is 18.2. The van der Waals surface area contributed by atoms with Crippen molar-refractivity contribution < 1.29 is 4.92 Å². The number of para-hydroxylation sites is 1. The smallest absolute Gasteiger partial charge is 0.295 e. The largest absolute Gasteiger partial charge is 0.337 e.